The molecule has 0 spiro atoms. The second kappa shape index (κ2) is 17.2. The molecule has 2 aromatic carbocycles. The molecule has 1 unspecified atom stereocenters. The van der Waals surface area contributed by atoms with E-state index in [1.165, 1.54) is 23.1 Å². The van der Waals surface area contributed by atoms with E-state index in [1.807, 2.05) is 65.8 Å². The Kier molecular flexibility index (Phi) is 16.5. The fourth-order valence-corrected chi connectivity index (χ4v) is 3.28. The van der Waals surface area contributed by atoms with Gasteiger partial charge in [-0.15, -0.1) is 23.6 Å². The average Bonchev–Trinajstić information content (AvgIpc) is 2.86. The normalized spacial score (nSPS) is 16.7. The van der Waals surface area contributed by atoms with Crippen molar-refractivity contribution in [3.05, 3.63) is 112 Å². The molecule has 0 radical (unpaired) electrons. The number of rotatable bonds is 3. The van der Waals surface area contributed by atoms with Crippen LogP contribution in [0.5, 0.6) is 0 Å². The van der Waals surface area contributed by atoms with Crippen LogP contribution in [0.1, 0.15) is 51.3 Å². The standard InChI is InChI=1S/C14H14N.C11H17.CH4NO2S.ClH.Ru/c15-14(13-9-5-2-6-10-13)11-12-7-3-1-4-8-12;1-8-5-9(2)7-11(4)10(3)6-8;1-5(2,3)4;;/h1-10,14-15H,11H2;5-6,10H,7H2,1-4H3;1H3,(H-,2,3,4);1H;/q3*-1;;+4/p-1/t14-;;;;/m1..../s1. The molecule has 3 rings (SSSR count). The fourth-order valence-electron chi connectivity index (χ4n) is 3.28. The zero-order valence-electron chi connectivity index (χ0n) is 20.0. The minimum absolute atomic E-state index is 0.159. The van der Waals surface area contributed by atoms with Gasteiger partial charge in [0.1, 0.15) is 0 Å². The quantitative estimate of drug-likeness (QED) is 0.273. The van der Waals surface area contributed by atoms with Gasteiger partial charge in [0.15, 0.2) is 0 Å². The van der Waals surface area contributed by atoms with Crippen molar-refractivity contribution in [1.82, 2.24) is 0 Å². The molecule has 0 aromatic heterocycles. The maximum Gasteiger partial charge on any atom is -0.0402 e. The molecule has 0 saturated heterocycles. The van der Waals surface area contributed by atoms with E-state index in [0.717, 1.165) is 18.2 Å². The fraction of sp³-hybridized carbons (Fsp3) is 0.346. The predicted molar refractivity (Wildman–Crippen MR) is 139 cm³/mol. The molecule has 1 aliphatic carbocycles. The van der Waals surface area contributed by atoms with Gasteiger partial charge in [-0.1, -0.05) is 84.8 Å². The zero-order valence-corrected chi connectivity index (χ0v) is 23.3. The molecule has 0 aliphatic heterocycles. The maximum absolute atomic E-state index is 9.30. The number of hydrogen-bond donors (Lipinski definition) is 0. The van der Waals surface area contributed by atoms with Gasteiger partial charge < -0.3 is 16.8 Å². The van der Waals surface area contributed by atoms with Crippen LogP contribution in [0.25, 0.3) is 10.9 Å². The van der Waals surface area contributed by atoms with Crippen molar-refractivity contribution in [3.8, 4) is 0 Å². The molecule has 0 bridgehead atoms. The first kappa shape index (κ1) is 31.7. The van der Waals surface area contributed by atoms with Gasteiger partial charge in [0.25, 0.3) is 0 Å². The SMILES string of the molecule is CC1=CC(C)[C-](C)CC(C)=C1.CS([NH-])(=O)=O.[Cl][Ru+3].[NH-][C@H](Cc1ccccc1)c1ccccc1. The van der Waals surface area contributed by atoms with Gasteiger partial charge in [-0.25, -0.2) is 8.42 Å². The van der Waals surface area contributed by atoms with Crippen LogP contribution >= 0.6 is 9.69 Å². The Labute approximate surface area is 215 Å². The Hall–Kier alpha value is -1.30. The van der Waals surface area contributed by atoms with Gasteiger partial charge in [0.05, 0.1) is 10.0 Å². The molecule has 182 valence electrons. The second-order valence-electron chi connectivity index (χ2n) is 8.14. The number of sulfonamides is 1. The summed E-state index contributed by atoms with van der Waals surface area (Å²) in [6.07, 6.45) is 7.41. The minimum Gasteiger partial charge on any atom is -0.671 e. The van der Waals surface area contributed by atoms with Crippen LogP contribution in [0.3, 0.4) is 0 Å². The molecule has 2 N–H and O–H groups in total. The largest absolute Gasteiger partial charge is 0.671 e. The van der Waals surface area contributed by atoms with Crippen molar-refractivity contribution in [3.63, 3.8) is 0 Å². The van der Waals surface area contributed by atoms with Gasteiger partial charge in [0.2, 0.25) is 0 Å². The van der Waals surface area contributed by atoms with E-state index >= 15 is 0 Å². The van der Waals surface area contributed by atoms with Gasteiger partial charge in [-0.3, -0.25) is 0 Å². The van der Waals surface area contributed by atoms with Gasteiger partial charge in [0, 0.05) is 6.26 Å². The van der Waals surface area contributed by atoms with Crippen LogP contribution in [0.2, 0.25) is 0 Å². The predicted octanol–water partition coefficient (Wildman–Crippen LogP) is 8.22. The molecule has 33 heavy (non-hydrogen) atoms. The van der Waals surface area contributed by atoms with Crippen LogP contribution in [0.15, 0.2) is 84.0 Å². The van der Waals surface area contributed by atoms with Crippen LogP contribution in [-0.2, 0) is 33.8 Å². The van der Waals surface area contributed by atoms with E-state index in [1.54, 1.807) is 5.92 Å². The number of benzene rings is 2. The van der Waals surface area contributed by atoms with Crippen molar-refractivity contribution in [2.24, 2.45) is 5.92 Å². The van der Waals surface area contributed by atoms with Crippen LogP contribution in [0.4, 0.5) is 0 Å². The van der Waals surface area contributed by atoms with E-state index in [4.69, 9.17) is 10.9 Å². The summed E-state index contributed by atoms with van der Waals surface area (Å²) in [4.78, 5) is 0. The van der Waals surface area contributed by atoms with E-state index in [2.05, 4.69) is 61.7 Å². The summed E-state index contributed by atoms with van der Waals surface area (Å²) in [7, 11) is 1.15. The first-order valence-electron chi connectivity index (χ1n) is 10.5. The monoisotopic (exact) mass is 576 g/mol. The van der Waals surface area contributed by atoms with Gasteiger partial charge in [-0.2, -0.15) is 13.3 Å². The Balaban J connectivity index is 0.000000500. The molecule has 0 fully saturated rings. The Morgan fingerprint density at radius 3 is 2.00 bits per heavy atom. The topological polar surface area (TPSA) is 81.7 Å². The van der Waals surface area contributed by atoms with E-state index in [9.17, 15) is 8.42 Å². The first-order chi connectivity index (χ1) is 15.5. The van der Waals surface area contributed by atoms with E-state index in [-0.39, 0.29) is 6.04 Å². The maximum atomic E-state index is 9.30. The van der Waals surface area contributed by atoms with Crippen molar-refractivity contribution in [2.75, 3.05) is 6.26 Å². The third-order valence-electron chi connectivity index (χ3n) is 4.81. The molecule has 1 aliphatic rings. The number of allylic oxidation sites excluding steroid dienone is 4. The molecule has 7 heteroatoms. The molecule has 2 aromatic rings. The summed E-state index contributed by atoms with van der Waals surface area (Å²) < 4.78 is 18.6. The smallest absolute Gasteiger partial charge is 0.0402 e. The molecule has 0 amide bonds. The van der Waals surface area contributed by atoms with Crippen molar-refractivity contribution in [2.45, 2.75) is 46.6 Å². The number of nitrogens with one attached hydrogen (secondary N) is 2. The Bertz CT molecular complexity index is 941. The zero-order chi connectivity index (χ0) is 25.4. The molecular weight excluding hydrogens is 541 g/mol. The summed E-state index contributed by atoms with van der Waals surface area (Å²) in [6.45, 7) is 8.90. The number of halogens is 1. The van der Waals surface area contributed by atoms with Gasteiger partial charge >= 0.3 is 27.0 Å². The van der Waals surface area contributed by atoms with Crippen LogP contribution < -0.4 is 0 Å². The summed E-state index contributed by atoms with van der Waals surface area (Å²) in [5.41, 5.74) is 13.3. The van der Waals surface area contributed by atoms with Crippen LogP contribution in [-0.4, -0.2) is 14.7 Å². The molecule has 0 heterocycles. The Morgan fingerprint density at radius 1 is 1.06 bits per heavy atom. The summed E-state index contributed by atoms with van der Waals surface area (Å²) >= 11 is 1.82. The summed E-state index contributed by atoms with van der Waals surface area (Å²) in [5, 5.41) is 5.91. The number of hydrogen-bond acceptors (Lipinski definition) is 2. The molecule has 2 atom stereocenters. The minimum atomic E-state index is -3.42. The third kappa shape index (κ3) is 16.9. The second-order valence-corrected chi connectivity index (χ2v) is 9.68. The summed E-state index contributed by atoms with van der Waals surface area (Å²) in [6, 6.07) is 20.0. The third-order valence-corrected chi connectivity index (χ3v) is 4.81. The Morgan fingerprint density at radius 2 is 1.52 bits per heavy atom. The molecule has 4 nitrogen and oxygen atoms in total. The molecular formula is C26H35ClN2O2RuS. The van der Waals surface area contributed by atoms with Crippen molar-refractivity contribution >= 4 is 19.7 Å². The average molecular weight is 576 g/mol. The van der Waals surface area contributed by atoms with Crippen LogP contribution in [0, 0.1) is 11.8 Å². The van der Waals surface area contributed by atoms with E-state index < -0.39 is 10.0 Å². The summed E-state index contributed by atoms with van der Waals surface area (Å²) in [5.74, 6) is 2.24. The molecule has 0 saturated carbocycles. The van der Waals surface area contributed by atoms with Crippen molar-refractivity contribution < 1.29 is 25.7 Å². The van der Waals surface area contributed by atoms with Gasteiger partial charge in [-0.05, 0) is 25.8 Å². The van der Waals surface area contributed by atoms with Crippen molar-refractivity contribution in [1.29, 1.82) is 0 Å². The first-order valence-corrected chi connectivity index (χ1v) is 14.6. The van der Waals surface area contributed by atoms with E-state index in [0.29, 0.717) is 5.92 Å².